The Labute approximate surface area is 111 Å². The molecule has 2 rings (SSSR count). The maximum atomic E-state index is 13.6. The van der Waals surface area contributed by atoms with Crippen molar-refractivity contribution < 1.29 is 8.78 Å². The van der Waals surface area contributed by atoms with Crippen molar-refractivity contribution in [3.8, 4) is 0 Å². The summed E-state index contributed by atoms with van der Waals surface area (Å²) in [5.41, 5.74) is 0.419. The molecule has 4 heteroatoms. The predicted octanol–water partition coefficient (Wildman–Crippen LogP) is 3.90. The number of thioether (sulfide) groups is 1. The molecule has 3 unspecified atom stereocenters. The van der Waals surface area contributed by atoms with E-state index in [1.54, 1.807) is 12.1 Å². The van der Waals surface area contributed by atoms with E-state index in [1.165, 1.54) is 6.42 Å². The molecule has 1 aliphatic rings. The third kappa shape index (κ3) is 3.04. The molecule has 0 saturated heterocycles. The molecule has 1 aromatic carbocycles. The van der Waals surface area contributed by atoms with E-state index >= 15 is 0 Å². The quantitative estimate of drug-likeness (QED) is 0.891. The van der Waals surface area contributed by atoms with E-state index in [0.717, 1.165) is 18.9 Å². The summed E-state index contributed by atoms with van der Waals surface area (Å²) >= 11 is 1.89. The number of nitrogens with one attached hydrogen (secondary N) is 1. The minimum atomic E-state index is -0.769. The molecule has 18 heavy (non-hydrogen) atoms. The molecule has 0 spiro atoms. The Balaban J connectivity index is 2.00. The molecule has 1 saturated carbocycles. The summed E-state index contributed by atoms with van der Waals surface area (Å²) < 4.78 is 26.8. The van der Waals surface area contributed by atoms with E-state index in [2.05, 4.69) is 11.6 Å². The Morgan fingerprint density at radius 1 is 1.33 bits per heavy atom. The summed E-state index contributed by atoms with van der Waals surface area (Å²) in [4.78, 5) is 0. The first-order valence-electron chi connectivity index (χ1n) is 6.34. The zero-order valence-electron chi connectivity index (χ0n) is 10.7. The van der Waals surface area contributed by atoms with Gasteiger partial charge >= 0.3 is 0 Å². The highest BCUT2D eigenvalue weighted by Crippen LogP contribution is 2.30. The maximum Gasteiger partial charge on any atom is 0.163 e. The van der Waals surface area contributed by atoms with Gasteiger partial charge in [-0.15, -0.1) is 0 Å². The van der Waals surface area contributed by atoms with Crippen LogP contribution < -0.4 is 5.32 Å². The second-order valence-corrected chi connectivity index (χ2v) is 6.04. The molecule has 1 N–H and O–H groups in total. The second kappa shape index (κ2) is 6.02. The van der Waals surface area contributed by atoms with Crippen LogP contribution in [0.15, 0.2) is 18.2 Å². The molecule has 1 nitrogen and oxygen atoms in total. The average molecular weight is 271 g/mol. The summed E-state index contributed by atoms with van der Waals surface area (Å²) in [5, 5.41) is 4.11. The van der Waals surface area contributed by atoms with Crippen molar-refractivity contribution in [1.29, 1.82) is 0 Å². The van der Waals surface area contributed by atoms with Gasteiger partial charge < -0.3 is 5.32 Å². The van der Waals surface area contributed by atoms with Gasteiger partial charge in [0.25, 0.3) is 0 Å². The molecule has 0 heterocycles. The molecule has 1 fully saturated rings. The van der Waals surface area contributed by atoms with Crippen molar-refractivity contribution in [2.45, 2.75) is 43.5 Å². The zero-order valence-corrected chi connectivity index (χ0v) is 11.6. The van der Waals surface area contributed by atoms with Crippen LogP contribution in [-0.2, 0) is 0 Å². The van der Waals surface area contributed by atoms with Crippen LogP contribution in [0.2, 0.25) is 0 Å². The summed E-state index contributed by atoms with van der Waals surface area (Å²) in [7, 11) is 0. The number of hydrogen-bond donors (Lipinski definition) is 1. The Bertz CT molecular complexity index is 411. The van der Waals surface area contributed by atoms with E-state index in [0.29, 0.717) is 16.9 Å². The lowest BCUT2D eigenvalue weighted by Crippen LogP contribution is -2.30. The Morgan fingerprint density at radius 3 is 2.78 bits per heavy atom. The fourth-order valence-corrected chi connectivity index (χ4v) is 3.40. The first-order valence-corrected chi connectivity index (χ1v) is 7.63. The summed E-state index contributed by atoms with van der Waals surface area (Å²) in [6.07, 6.45) is 5.56. The normalized spacial score (nSPS) is 25.3. The second-order valence-electron chi connectivity index (χ2n) is 4.90. The Morgan fingerprint density at radius 2 is 2.11 bits per heavy atom. The standard InChI is InChI=1S/C14H19F2NS/c1-9(12-4-3-5-13(15)14(12)16)17-10-6-7-11(8-10)18-2/h3-5,9-11,17H,6-8H2,1-2H3. The van der Waals surface area contributed by atoms with Gasteiger partial charge in [-0.05, 0) is 38.5 Å². The van der Waals surface area contributed by atoms with Gasteiger partial charge in [0.1, 0.15) is 0 Å². The topological polar surface area (TPSA) is 12.0 Å². The predicted molar refractivity (Wildman–Crippen MR) is 72.9 cm³/mol. The first kappa shape index (κ1) is 13.8. The van der Waals surface area contributed by atoms with Crippen LogP contribution in [0.1, 0.15) is 37.8 Å². The first-order chi connectivity index (χ1) is 8.61. The number of benzene rings is 1. The summed E-state index contributed by atoms with van der Waals surface area (Å²) in [5.74, 6) is -1.49. The third-order valence-electron chi connectivity index (χ3n) is 3.65. The fraction of sp³-hybridized carbons (Fsp3) is 0.571. The third-order valence-corrected chi connectivity index (χ3v) is 4.75. The molecule has 100 valence electrons. The van der Waals surface area contributed by atoms with Crippen LogP contribution in [0, 0.1) is 11.6 Å². The lowest BCUT2D eigenvalue weighted by atomic mass is 10.1. The average Bonchev–Trinajstić information content (AvgIpc) is 2.80. The lowest BCUT2D eigenvalue weighted by Gasteiger charge is -2.20. The van der Waals surface area contributed by atoms with Crippen molar-refractivity contribution in [1.82, 2.24) is 5.32 Å². The van der Waals surface area contributed by atoms with Gasteiger partial charge in [0.15, 0.2) is 11.6 Å². The number of halogens is 2. The van der Waals surface area contributed by atoms with Crippen LogP contribution in [0.4, 0.5) is 8.78 Å². The molecule has 0 radical (unpaired) electrons. The molecular formula is C14H19F2NS. The summed E-state index contributed by atoms with van der Waals surface area (Å²) in [6, 6.07) is 4.64. The van der Waals surface area contributed by atoms with Crippen molar-refractivity contribution in [3.63, 3.8) is 0 Å². The van der Waals surface area contributed by atoms with E-state index in [1.807, 2.05) is 18.7 Å². The largest absolute Gasteiger partial charge is 0.307 e. The molecule has 0 amide bonds. The highest BCUT2D eigenvalue weighted by atomic mass is 32.2. The molecular weight excluding hydrogens is 252 g/mol. The maximum absolute atomic E-state index is 13.6. The van der Waals surface area contributed by atoms with Crippen molar-refractivity contribution in [2.75, 3.05) is 6.26 Å². The highest BCUT2D eigenvalue weighted by molar-refractivity contribution is 7.99. The Hall–Kier alpha value is -0.610. The molecule has 0 bridgehead atoms. The zero-order chi connectivity index (χ0) is 13.1. The number of rotatable bonds is 4. The van der Waals surface area contributed by atoms with Crippen molar-refractivity contribution in [2.24, 2.45) is 0 Å². The minimum absolute atomic E-state index is 0.147. The lowest BCUT2D eigenvalue weighted by molar-refractivity contribution is 0.432. The fourth-order valence-electron chi connectivity index (χ4n) is 2.60. The van der Waals surface area contributed by atoms with Crippen LogP contribution in [0.5, 0.6) is 0 Å². The Kier molecular flexibility index (Phi) is 4.62. The molecule has 1 aliphatic carbocycles. The van der Waals surface area contributed by atoms with E-state index in [9.17, 15) is 8.78 Å². The van der Waals surface area contributed by atoms with Gasteiger partial charge in [-0.2, -0.15) is 11.8 Å². The smallest absolute Gasteiger partial charge is 0.163 e. The van der Waals surface area contributed by atoms with Crippen molar-refractivity contribution >= 4 is 11.8 Å². The van der Waals surface area contributed by atoms with Gasteiger partial charge in [-0.25, -0.2) is 8.78 Å². The van der Waals surface area contributed by atoms with Gasteiger partial charge in [-0.3, -0.25) is 0 Å². The van der Waals surface area contributed by atoms with Gasteiger partial charge in [0.2, 0.25) is 0 Å². The monoisotopic (exact) mass is 271 g/mol. The van der Waals surface area contributed by atoms with Crippen LogP contribution >= 0.6 is 11.8 Å². The molecule has 3 atom stereocenters. The van der Waals surface area contributed by atoms with Crippen LogP contribution in [-0.4, -0.2) is 17.5 Å². The molecule has 1 aromatic rings. The van der Waals surface area contributed by atoms with Crippen LogP contribution in [0.25, 0.3) is 0 Å². The van der Waals surface area contributed by atoms with E-state index < -0.39 is 11.6 Å². The van der Waals surface area contributed by atoms with E-state index in [-0.39, 0.29) is 6.04 Å². The molecule has 0 aliphatic heterocycles. The minimum Gasteiger partial charge on any atom is -0.307 e. The highest BCUT2D eigenvalue weighted by Gasteiger charge is 2.26. The van der Waals surface area contributed by atoms with Gasteiger partial charge in [0, 0.05) is 22.9 Å². The van der Waals surface area contributed by atoms with Crippen LogP contribution in [0.3, 0.4) is 0 Å². The summed E-state index contributed by atoms with van der Waals surface area (Å²) in [6.45, 7) is 1.89. The molecule has 0 aromatic heterocycles. The van der Waals surface area contributed by atoms with E-state index in [4.69, 9.17) is 0 Å². The SMILES string of the molecule is CSC1CCC(NC(C)c2cccc(F)c2F)C1. The van der Waals surface area contributed by atoms with Gasteiger partial charge in [0.05, 0.1) is 0 Å². The number of hydrogen-bond acceptors (Lipinski definition) is 2. The van der Waals surface area contributed by atoms with Crippen molar-refractivity contribution in [3.05, 3.63) is 35.4 Å². The van der Waals surface area contributed by atoms with Gasteiger partial charge in [-0.1, -0.05) is 12.1 Å².